The molecule has 6 aliphatic rings. The third kappa shape index (κ3) is 7.83. The second kappa shape index (κ2) is 16.4. The molecule has 2 unspecified atom stereocenters. The predicted octanol–water partition coefficient (Wildman–Crippen LogP) is 4.02. The lowest BCUT2D eigenvalue weighted by atomic mass is 9.71. The summed E-state index contributed by atoms with van der Waals surface area (Å²) in [5.74, 6) is -3.60. The highest BCUT2D eigenvalue weighted by Gasteiger charge is 2.49. The molecule has 5 amide bonds. The standard InChI is InChI=1S/C46H54F2N8O7/c1-49-44(61)54-14-10-32-34(22-51(2)42(59)35(32)24-54)29-17-38(62-3)36(39(18-29)63-4)23-53-13-9-30(46(47,48)27-53)21-52-15-11-45(12-16-52)25-55(26-45)31-6-5-28-20-56(43(60)33(28)19-31)37-7-8-40(57)50-41(37)58/h5-6,10,14,17-19,22,30,37H,7-9,11-13,15-16,20-21,23-27H2,1-4H3,(H,49,61)(H,50,57,58). The van der Waals surface area contributed by atoms with Crippen LogP contribution in [0.5, 0.6) is 11.5 Å². The molecule has 4 saturated heterocycles. The molecule has 7 heterocycles. The van der Waals surface area contributed by atoms with Gasteiger partial charge in [0.2, 0.25) is 11.8 Å². The molecule has 63 heavy (non-hydrogen) atoms. The van der Waals surface area contributed by atoms with Crippen LogP contribution in [0, 0.1) is 11.3 Å². The SMILES string of the molecule is CNC(=O)N1C=Cc2c(-c3cc(OC)c(CN4CCC(CN5CCC6(CC5)CN(c5ccc7c(c5)C(=O)N(C5CCC(=O)NC5=O)C7)C6)C(F)(F)C4)c(OC)c3)cn(C)c(=O)c2C1. The van der Waals surface area contributed by atoms with E-state index in [1.165, 1.54) is 16.5 Å². The lowest BCUT2D eigenvalue weighted by molar-refractivity contribution is -0.137. The summed E-state index contributed by atoms with van der Waals surface area (Å²) < 4.78 is 45.3. The van der Waals surface area contributed by atoms with Crippen molar-refractivity contribution < 1.29 is 37.4 Å². The van der Waals surface area contributed by atoms with Crippen molar-refractivity contribution in [3.63, 3.8) is 0 Å². The third-order valence-electron chi connectivity index (χ3n) is 14.2. The molecular formula is C46H54F2N8O7. The van der Waals surface area contributed by atoms with E-state index >= 15 is 8.78 Å². The van der Waals surface area contributed by atoms with Crippen LogP contribution < -0.4 is 30.6 Å². The van der Waals surface area contributed by atoms with Crippen LogP contribution in [0.25, 0.3) is 17.2 Å². The lowest BCUT2D eigenvalue weighted by Gasteiger charge is -2.55. The van der Waals surface area contributed by atoms with Crippen molar-refractivity contribution in [3.05, 3.63) is 80.9 Å². The number of hydrogen-bond acceptors (Lipinski definition) is 10. The Morgan fingerprint density at radius 2 is 1.65 bits per heavy atom. The summed E-state index contributed by atoms with van der Waals surface area (Å²) in [5.41, 5.74) is 5.63. The van der Waals surface area contributed by atoms with Crippen molar-refractivity contribution in [2.45, 2.75) is 63.7 Å². The number of alkyl halides is 2. The van der Waals surface area contributed by atoms with Gasteiger partial charge in [-0.05, 0) is 92.3 Å². The second-order valence-electron chi connectivity index (χ2n) is 18.1. The quantitative estimate of drug-likeness (QED) is 0.303. The van der Waals surface area contributed by atoms with Gasteiger partial charge in [0.05, 0.1) is 32.9 Å². The number of nitrogens with zero attached hydrogens (tertiary/aromatic N) is 6. The van der Waals surface area contributed by atoms with Gasteiger partial charge >= 0.3 is 6.03 Å². The number of fused-ring (bicyclic) bond motifs is 2. The molecular weight excluding hydrogens is 815 g/mol. The monoisotopic (exact) mass is 868 g/mol. The van der Waals surface area contributed by atoms with E-state index in [9.17, 15) is 24.0 Å². The number of ether oxygens (including phenoxy) is 2. The molecule has 0 radical (unpaired) electrons. The number of likely N-dealkylation sites (tertiary alicyclic amines) is 2. The highest BCUT2D eigenvalue weighted by Crippen LogP contribution is 2.45. The van der Waals surface area contributed by atoms with Crippen molar-refractivity contribution in [2.24, 2.45) is 18.4 Å². The van der Waals surface area contributed by atoms with Crippen LogP contribution in [0.4, 0.5) is 19.3 Å². The number of carbonyl (C=O) groups is 4. The minimum Gasteiger partial charge on any atom is -0.496 e. The third-order valence-corrected chi connectivity index (χ3v) is 14.2. The van der Waals surface area contributed by atoms with Gasteiger partial charge in [-0.1, -0.05) is 6.07 Å². The molecule has 1 aromatic heterocycles. The van der Waals surface area contributed by atoms with Crippen LogP contribution in [0.15, 0.2) is 47.5 Å². The van der Waals surface area contributed by atoms with E-state index in [0.29, 0.717) is 66.2 Å². The molecule has 17 heteroatoms. The fourth-order valence-electron chi connectivity index (χ4n) is 10.5. The molecule has 15 nitrogen and oxygen atoms in total. The van der Waals surface area contributed by atoms with E-state index in [0.717, 1.165) is 61.4 Å². The van der Waals surface area contributed by atoms with Crippen LogP contribution in [0.2, 0.25) is 0 Å². The predicted molar refractivity (Wildman–Crippen MR) is 230 cm³/mol. The normalized spacial score (nSPS) is 23.0. The van der Waals surface area contributed by atoms with Gasteiger partial charge in [0, 0.05) is 99.3 Å². The summed E-state index contributed by atoms with van der Waals surface area (Å²) in [6.45, 7) is 4.33. The zero-order chi connectivity index (χ0) is 44.4. The molecule has 0 aliphatic carbocycles. The number of anilines is 1. The number of imide groups is 1. The number of carbonyl (C=O) groups excluding carboxylic acids is 4. The Morgan fingerprint density at radius 1 is 0.921 bits per heavy atom. The first-order chi connectivity index (χ1) is 30.2. The second-order valence-corrected chi connectivity index (χ2v) is 18.1. The number of aromatic nitrogens is 1. The highest BCUT2D eigenvalue weighted by molar-refractivity contribution is 6.05. The number of rotatable bonds is 9. The van der Waals surface area contributed by atoms with E-state index in [1.54, 1.807) is 49.5 Å². The number of methoxy groups -OCH3 is 2. The van der Waals surface area contributed by atoms with Gasteiger partial charge in [0.1, 0.15) is 17.5 Å². The van der Waals surface area contributed by atoms with Crippen LogP contribution in [-0.2, 0) is 36.3 Å². The van der Waals surface area contributed by atoms with Gasteiger partial charge in [0.15, 0.2) is 0 Å². The smallest absolute Gasteiger partial charge is 0.321 e. The molecule has 0 saturated carbocycles. The Hall–Kier alpha value is -5.81. The summed E-state index contributed by atoms with van der Waals surface area (Å²) >= 11 is 0. The summed E-state index contributed by atoms with van der Waals surface area (Å²) in [6.07, 6.45) is 7.87. The topological polar surface area (TPSA) is 149 Å². The Labute approximate surface area is 364 Å². The van der Waals surface area contributed by atoms with Gasteiger partial charge < -0.3 is 34.1 Å². The fourth-order valence-corrected chi connectivity index (χ4v) is 10.5. The van der Waals surface area contributed by atoms with Crippen molar-refractivity contribution in [1.29, 1.82) is 0 Å². The molecule has 334 valence electrons. The van der Waals surface area contributed by atoms with Crippen LogP contribution in [0.1, 0.15) is 64.7 Å². The molecule has 4 fully saturated rings. The van der Waals surface area contributed by atoms with Gasteiger partial charge in [-0.3, -0.25) is 34.3 Å². The van der Waals surface area contributed by atoms with Crippen LogP contribution in [0.3, 0.4) is 0 Å². The summed E-state index contributed by atoms with van der Waals surface area (Å²) in [4.78, 5) is 72.3. The maximum absolute atomic E-state index is 16.1. The van der Waals surface area contributed by atoms with E-state index in [2.05, 4.69) is 20.4 Å². The summed E-state index contributed by atoms with van der Waals surface area (Å²) in [5, 5.41) is 4.94. The van der Waals surface area contributed by atoms with Crippen molar-refractivity contribution in [1.82, 2.24) is 34.8 Å². The molecule has 2 N–H and O–H groups in total. The first-order valence-corrected chi connectivity index (χ1v) is 21.7. The van der Waals surface area contributed by atoms with E-state index < -0.39 is 23.8 Å². The number of hydrogen-bond donors (Lipinski definition) is 2. The van der Waals surface area contributed by atoms with Gasteiger partial charge in [-0.15, -0.1) is 0 Å². The van der Waals surface area contributed by atoms with Crippen LogP contribution in [-0.4, -0.2) is 127 Å². The largest absolute Gasteiger partial charge is 0.496 e. The van der Waals surface area contributed by atoms with Gasteiger partial charge in [-0.2, -0.15) is 0 Å². The Kier molecular flexibility index (Phi) is 11.1. The average Bonchev–Trinajstić information content (AvgIpc) is 3.59. The number of pyridine rings is 1. The minimum absolute atomic E-state index is 0.110. The number of urea groups is 1. The highest BCUT2D eigenvalue weighted by atomic mass is 19.3. The first-order valence-electron chi connectivity index (χ1n) is 21.7. The Balaban J connectivity index is 0.799. The van der Waals surface area contributed by atoms with E-state index in [4.69, 9.17) is 9.47 Å². The molecule has 3 aromatic rings. The number of nitrogens with one attached hydrogen (secondary N) is 2. The van der Waals surface area contributed by atoms with Crippen molar-refractivity contribution in [2.75, 3.05) is 72.0 Å². The fraction of sp³-hybridized carbons (Fsp3) is 0.500. The maximum Gasteiger partial charge on any atom is 0.321 e. The molecule has 9 rings (SSSR count). The molecule has 2 atom stereocenters. The number of piperidine rings is 3. The van der Waals surface area contributed by atoms with Gasteiger partial charge in [-0.25, -0.2) is 13.6 Å². The summed E-state index contributed by atoms with van der Waals surface area (Å²) in [7, 11) is 6.28. The number of halogens is 2. The Morgan fingerprint density at radius 3 is 2.32 bits per heavy atom. The summed E-state index contributed by atoms with van der Waals surface area (Å²) in [6, 6.07) is 8.63. The molecule has 1 spiro atoms. The number of aryl methyl sites for hydroxylation is 1. The first kappa shape index (κ1) is 42.5. The zero-order valence-corrected chi connectivity index (χ0v) is 36.2. The van der Waals surface area contributed by atoms with E-state index in [-0.39, 0.29) is 54.9 Å². The van der Waals surface area contributed by atoms with Crippen molar-refractivity contribution in [3.8, 4) is 22.6 Å². The minimum atomic E-state index is -2.90. The molecule has 0 bridgehead atoms. The molecule has 2 aromatic carbocycles. The van der Waals surface area contributed by atoms with E-state index in [1.807, 2.05) is 30.3 Å². The zero-order valence-electron chi connectivity index (χ0n) is 36.2. The van der Waals surface area contributed by atoms with Crippen LogP contribution >= 0.6 is 0 Å². The van der Waals surface area contributed by atoms with Crippen molar-refractivity contribution >= 4 is 35.5 Å². The number of amides is 5. The Bertz CT molecular complexity index is 2430. The average molecular weight is 869 g/mol. The maximum atomic E-state index is 16.1. The van der Waals surface area contributed by atoms with Gasteiger partial charge in [0.25, 0.3) is 17.4 Å². The number of benzene rings is 2. The lowest BCUT2D eigenvalue weighted by Crippen LogP contribution is -2.61. The molecule has 6 aliphatic heterocycles.